The molecule has 0 aromatic heterocycles. The van der Waals surface area contributed by atoms with E-state index >= 15 is 0 Å². The van der Waals surface area contributed by atoms with Crippen molar-refractivity contribution in [2.45, 2.75) is 25.6 Å². The Morgan fingerprint density at radius 2 is 1.40 bits per heavy atom. The van der Waals surface area contributed by atoms with Gasteiger partial charge in [-0.2, -0.15) is 0 Å². The Hall–Kier alpha value is -2.10. The first-order chi connectivity index (χ1) is 12.1. The molecule has 0 saturated carbocycles. The molecule has 3 aromatic rings. The van der Waals surface area contributed by atoms with Crippen LogP contribution in [0.5, 0.6) is 5.75 Å². The minimum atomic E-state index is -1.00. The van der Waals surface area contributed by atoms with Crippen LogP contribution in [-0.4, -0.2) is 5.11 Å². The molecule has 0 fully saturated rings. The third kappa shape index (κ3) is 4.12. The van der Waals surface area contributed by atoms with Crippen LogP contribution in [0.15, 0.2) is 83.3 Å². The van der Waals surface area contributed by atoms with Crippen LogP contribution in [0.25, 0.3) is 0 Å². The highest BCUT2D eigenvalue weighted by Gasteiger charge is 2.29. The molecule has 3 aromatic carbocycles. The maximum Gasteiger partial charge on any atom is 0.119 e. The Balaban J connectivity index is 1.76. The minimum absolute atomic E-state index is 0.533. The fourth-order valence-corrected chi connectivity index (χ4v) is 3.13. The van der Waals surface area contributed by atoms with Crippen LogP contribution in [0.3, 0.4) is 0 Å². The zero-order chi connectivity index (χ0) is 17.7. The van der Waals surface area contributed by atoms with Gasteiger partial charge in [-0.05, 0) is 47.4 Å². The van der Waals surface area contributed by atoms with Crippen molar-refractivity contribution in [2.75, 3.05) is 0 Å². The Kier molecular flexibility index (Phi) is 5.57. The van der Waals surface area contributed by atoms with Gasteiger partial charge in [0, 0.05) is 4.47 Å². The molecule has 1 atom stereocenters. The van der Waals surface area contributed by atoms with Crippen LogP contribution in [-0.2, 0) is 12.2 Å². The first kappa shape index (κ1) is 17.7. The fourth-order valence-electron chi connectivity index (χ4n) is 2.87. The SMILES string of the molecule is CCC(O)(c1ccc(Br)cc1)c1ccc(OCc2ccccc2)cc1. The smallest absolute Gasteiger partial charge is 0.119 e. The zero-order valence-corrected chi connectivity index (χ0v) is 15.7. The molecule has 0 aliphatic carbocycles. The molecule has 0 saturated heterocycles. The lowest BCUT2D eigenvalue weighted by atomic mass is 9.84. The van der Waals surface area contributed by atoms with Gasteiger partial charge in [-0.25, -0.2) is 0 Å². The highest BCUT2D eigenvalue weighted by atomic mass is 79.9. The zero-order valence-electron chi connectivity index (χ0n) is 14.2. The number of benzene rings is 3. The molecule has 0 radical (unpaired) electrons. The van der Waals surface area contributed by atoms with Crippen molar-refractivity contribution in [1.82, 2.24) is 0 Å². The van der Waals surface area contributed by atoms with Crippen LogP contribution in [0.4, 0.5) is 0 Å². The van der Waals surface area contributed by atoms with E-state index in [1.807, 2.05) is 85.8 Å². The minimum Gasteiger partial charge on any atom is -0.489 e. The fraction of sp³-hybridized carbons (Fsp3) is 0.182. The lowest BCUT2D eigenvalue weighted by Crippen LogP contribution is -2.26. The van der Waals surface area contributed by atoms with Gasteiger partial charge in [0.2, 0.25) is 0 Å². The molecule has 0 bridgehead atoms. The van der Waals surface area contributed by atoms with Gasteiger partial charge in [0.25, 0.3) is 0 Å². The summed E-state index contributed by atoms with van der Waals surface area (Å²) in [5.74, 6) is 0.793. The van der Waals surface area contributed by atoms with E-state index in [0.717, 1.165) is 26.9 Å². The normalized spacial score (nSPS) is 13.2. The van der Waals surface area contributed by atoms with Crippen molar-refractivity contribution >= 4 is 15.9 Å². The third-order valence-electron chi connectivity index (χ3n) is 4.41. The molecule has 25 heavy (non-hydrogen) atoms. The summed E-state index contributed by atoms with van der Waals surface area (Å²) in [4.78, 5) is 0. The summed E-state index contributed by atoms with van der Waals surface area (Å²) in [6.07, 6.45) is 0.596. The topological polar surface area (TPSA) is 29.5 Å². The van der Waals surface area contributed by atoms with Gasteiger partial charge in [0.05, 0.1) is 0 Å². The van der Waals surface area contributed by atoms with Gasteiger partial charge < -0.3 is 9.84 Å². The number of aliphatic hydroxyl groups is 1. The van der Waals surface area contributed by atoms with Crippen LogP contribution in [0, 0.1) is 0 Å². The molecule has 0 amide bonds. The largest absolute Gasteiger partial charge is 0.489 e. The second-order valence-corrected chi connectivity index (χ2v) is 6.94. The molecule has 0 spiro atoms. The summed E-state index contributed by atoms with van der Waals surface area (Å²) in [5, 5.41) is 11.2. The van der Waals surface area contributed by atoms with Crippen molar-refractivity contribution < 1.29 is 9.84 Å². The van der Waals surface area contributed by atoms with Crippen molar-refractivity contribution in [1.29, 1.82) is 0 Å². The van der Waals surface area contributed by atoms with Crippen molar-refractivity contribution in [3.8, 4) is 5.75 Å². The average Bonchev–Trinajstić information content (AvgIpc) is 2.67. The average molecular weight is 397 g/mol. The number of ether oxygens (including phenoxy) is 1. The van der Waals surface area contributed by atoms with E-state index in [9.17, 15) is 5.11 Å². The molecule has 0 aliphatic rings. The Morgan fingerprint density at radius 1 is 0.840 bits per heavy atom. The predicted molar refractivity (Wildman–Crippen MR) is 105 cm³/mol. The van der Waals surface area contributed by atoms with Gasteiger partial charge in [-0.1, -0.05) is 77.5 Å². The number of halogens is 1. The summed E-state index contributed by atoms with van der Waals surface area (Å²) in [5.41, 5.74) is 1.88. The van der Waals surface area contributed by atoms with Crippen LogP contribution in [0.2, 0.25) is 0 Å². The monoisotopic (exact) mass is 396 g/mol. The van der Waals surface area contributed by atoms with Crippen LogP contribution >= 0.6 is 15.9 Å². The Bertz CT molecular complexity index is 798. The molecular formula is C22H21BrO2. The molecule has 128 valence electrons. The van der Waals surface area contributed by atoms with Gasteiger partial charge in [-0.15, -0.1) is 0 Å². The van der Waals surface area contributed by atoms with Crippen molar-refractivity contribution in [2.24, 2.45) is 0 Å². The summed E-state index contributed by atoms with van der Waals surface area (Å²) in [6.45, 7) is 2.52. The number of rotatable bonds is 6. The van der Waals surface area contributed by atoms with E-state index in [1.165, 1.54) is 0 Å². The highest BCUT2D eigenvalue weighted by Crippen LogP contribution is 2.34. The quantitative estimate of drug-likeness (QED) is 0.581. The number of hydrogen-bond acceptors (Lipinski definition) is 2. The standard InChI is InChI=1S/C22H21BrO2/c1-2-22(24,18-8-12-20(23)13-9-18)19-10-14-21(15-11-19)25-16-17-6-4-3-5-7-17/h3-15,24H,2,16H2,1H3. The Labute approximate surface area is 157 Å². The molecule has 1 N–H and O–H groups in total. The van der Waals surface area contributed by atoms with E-state index in [-0.39, 0.29) is 0 Å². The first-order valence-corrected chi connectivity index (χ1v) is 9.17. The van der Waals surface area contributed by atoms with Gasteiger partial charge in [0.15, 0.2) is 0 Å². The van der Waals surface area contributed by atoms with Gasteiger partial charge in [0.1, 0.15) is 18.0 Å². The maximum atomic E-state index is 11.2. The summed E-state index contributed by atoms with van der Waals surface area (Å²) >= 11 is 3.44. The molecule has 2 nitrogen and oxygen atoms in total. The van der Waals surface area contributed by atoms with E-state index in [2.05, 4.69) is 15.9 Å². The van der Waals surface area contributed by atoms with Crippen molar-refractivity contribution in [3.63, 3.8) is 0 Å². The molecule has 3 heteroatoms. The summed E-state index contributed by atoms with van der Waals surface area (Å²) < 4.78 is 6.83. The summed E-state index contributed by atoms with van der Waals surface area (Å²) in [7, 11) is 0. The highest BCUT2D eigenvalue weighted by molar-refractivity contribution is 9.10. The van der Waals surface area contributed by atoms with Crippen molar-refractivity contribution in [3.05, 3.63) is 100 Å². The van der Waals surface area contributed by atoms with Gasteiger partial charge >= 0.3 is 0 Å². The van der Waals surface area contributed by atoms with E-state index in [1.54, 1.807) is 0 Å². The predicted octanol–water partition coefficient (Wildman–Crippen LogP) is 5.67. The molecule has 1 unspecified atom stereocenters. The molecule has 3 rings (SSSR count). The molecule has 0 aliphatic heterocycles. The van der Waals surface area contributed by atoms with E-state index in [4.69, 9.17) is 4.74 Å². The van der Waals surface area contributed by atoms with E-state index in [0.29, 0.717) is 13.0 Å². The molecule has 0 heterocycles. The summed E-state index contributed by atoms with van der Waals surface area (Å²) in [6, 6.07) is 25.6. The second-order valence-electron chi connectivity index (χ2n) is 6.02. The van der Waals surface area contributed by atoms with Crippen LogP contribution in [0.1, 0.15) is 30.0 Å². The maximum absolute atomic E-state index is 11.2. The lowest BCUT2D eigenvalue weighted by Gasteiger charge is -2.28. The third-order valence-corrected chi connectivity index (χ3v) is 4.94. The van der Waals surface area contributed by atoms with Crippen LogP contribution < -0.4 is 4.74 Å². The van der Waals surface area contributed by atoms with E-state index < -0.39 is 5.60 Å². The second kappa shape index (κ2) is 7.85. The lowest BCUT2D eigenvalue weighted by molar-refractivity contribution is 0.0764. The number of hydrogen-bond donors (Lipinski definition) is 1. The van der Waals surface area contributed by atoms with Gasteiger partial charge in [-0.3, -0.25) is 0 Å². The Morgan fingerprint density at radius 3 is 1.96 bits per heavy atom. The molecular weight excluding hydrogens is 376 g/mol. The first-order valence-electron chi connectivity index (χ1n) is 8.37.